The molecule has 0 saturated carbocycles. The van der Waals surface area contributed by atoms with Gasteiger partial charge in [-0.15, -0.1) is 0 Å². The Morgan fingerprint density at radius 3 is 1.96 bits per heavy atom. The van der Waals surface area contributed by atoms with Gasteiger partial charge in [0.2, 0.25) is 0 Å². The predicted octanol–water partition coefficient (Wildman–Crippen LogP) is 5.19. The Bertz CT molecular complexity index is 913. The Labute approximate surface area is 167 Å². The number of nitrogen functional groups attached to an aromatic ring is 1. The van der Waals surface area contributed by atoms with Crippen LogP contribution in [0.3, 0.4) is 0 Å². The number of nitrogens with zero attached hydrogens (tertiary/aromatic N) is 2. The number of anilines is 2. The van der Waals surface area contributed by atoms with E-state index in [1.807, 2.05) is 12.1 Å². The number of piperidine rings is 1. The molecule has 3 nitrogen and oxygen atoms in total. The van der Waals surface area contributed by atoms with Gasteiger partial charge < -0.3 is 10.6 Å². The number of rotatable bonds is 4. The zero-order chi connectivity index (χ0) is 19.3. The van der Waals surface area contributed by atoms with Gasteiger partial charge in [0.15, 0.2) is 0 Å². The average molecular weight is 367 g/mol. The van der Waals surface area contributed by atoms with Crippen molar-refractivity contribution in [1.82, 2.24) is 0 Å². The number of nitriles is 1. The van der Waals surface area contributed by atoms with Gasteiger partial charge in [-0.25, -0.2) is 0 Å². The van der Waals surface area contributed by atoms with Gasteiger partial charge in [-0.3, -0.25) is 0 Å². The van der Waals surface area contributed by atoms with Crippen molar-refractivity contribution in [2.75, 3.05) is 23.7 Å². The maximum absolute atomic E-state index is 9.48. The second-order valence-corrected chi connectivity index (χ2v) is 7.51. The van der Waals surface area contributed by atoms with Gasteiger partial charge >= 0.3 is 0 Å². The molecule has 3 aromatic rings. The average Bonchev–Trinajstić information content (AvgIpc) is 2.76. The first-order chi connectivity index (χ1) is 13.8. The van der Waals surface area contributed by atoms with Gasteiger partial charge in [0.05, 0.1) is 11.3 Å². The highest BCUT2D eigenvalue weighted by Crippen LogP contribution is 2.39. The van der Waals surface area contributed by atoms with E-state index in [9.17, 15) is 5.26 Å². The van der Waals surface area contributed by atoms with Crippen molar-refractivity contribution in [3.05, 3.63) is 95.6 Å². The third-order valence-corrected chi connectivity index (χ3v) is 5.81. The zero-order valence-electron chi connectivity index (χ0n) is 16.0. The van der Waals surface area contributed by atoms with Gasteiger partial charge in [-0.1, -0.05) is 60.7 Å². The Balaban J connectivity index is 1.57. The van der Waals surface area contributed by atoms with E-state index in [1.165, 1.54) is 11.1 Å². The van der Waals surface area contributed by atoms with E-state index in [2.05, 4.69) is 71.6 Å². The molecule has 0 aromatic heterocycles. The summed E-state index contributed by atoms with van der Waals surface area (Å²) in [6.07, 6.45) is 2.20. The van der Waals surface area contributed by atoms with Crippen LogP contribution in [0.1, 0.15) is 35.4 Å². The van der Waals surface area contributed by atoms with Gasteiger partial charge in [0, 0.05) is 24.7 Å². The molecule has 1 aliphatic rings. The smallest absolute Gasteiger partial charge is 0.101 e. The van der Waals surface area contributed by atoms with Crippen molar-refractivity contribution in [2.45, 2.75) is 18.8 Å². The molecule has 1 saturated heterocycles. The van der Waals surface area contributed by atoms with Crippen molar-refractivity contribution in [3.8, 4) is 6.07 Å². The van der Waals surface area contributed by atoms with Gasteiger partial charge in [-0.2, -0.15) is 5.26 Å². The maximum Gasteiger partial charge on any atom is 0.101 e. The summed E-state index contributed by atoms with van der Waals surface area (Å²) in [5, 5.41) is 9.48. The van der Waals surface area contributed by atoms with E-state index in [-0.39, 0.29) is 0 Å². The fraction of sp³-hybridized carbons (Fsp3) is 0.240. The minimum atomic E-state index is 0.409. The van der Waals surface area contributed by atoms with Crippen LogP contribution in [0.4, 0.5) is 11.4 Å². The highest BCUT2D eigenvalue weighted by atomic mass is 15.1. The molecule has 0 radical (unpaired) electrons. The van der Waals surface area contributed by atoms with Crippen molar-refractivity contribution < 1.29 is 0 Å². The molecule has 0 atom stereocenters. The van der Waals surface area contributed by atoms with Gasteiger partial charge in [0.1, 0.15) is 6.07 Å². The van der Waals surface area contributed by atoms with Crippen LogP contribution < -0.4 is 10.6 Å². The lowest BCUT2D eigenvalue weighted by molar-refractivity contribution is 0.368. The predicted molar refractivity (Wildman–Crippen MR) is 115 cm³/mol. The molecule has 0 bridgehead atoms. The van der Waals surface area contributed by atoms with Crippen molar-refractivity contribution in [2.24, 2.45) is 5.92 Å². The van der Waals surface area contributed by atoms with E-state index in [4.69, 9.17) is 5.73 Å². The Kier molecular flexibility index (Phi) is 5.30. The van der Waals surface area contributed by atoms with Crippen LogP contribution in [0.15, 0.2) is 78.9 Å². The summed E-state index contributed by atoms with van der Waals surface area (Å²) < 4.78 is 0. The summed E-state index contributed by atoms with van der Waals surface area (Å²) in [4.78, 5) is 2.33. The quantitative estimate of drug-likeness (QED) is 0.646. The molecule has 28 heavy (non-hydrogen) atoms. The Morgan fingerprint density at radius 1 is 0.857 bits per heavy atom. The summed E-state index contributed by atoms with van der Waals surface area (Å²) in [6.45, 7) is 1.92. The lowest BCUT2D eigenvalue weighted by Gasteiger charge is -2.38. The minimum absolute atomic E-state index is 0.409. The molecule has 0 amide bonds. The zero-order valence-corrected chi connectivity index (χ0v) is 16.0. The van der Waals surface area contributed by atoms with E-state index in [1.54, 1.807) is 6.07 Å². The molecule has 1 aliphatic heterocycles. The first kappa shape index (κ1) is 18.1. The third-order valence-electron chi connectivity index (χ3n) is 5.81. The normalized spacial score (nSPS) is 14.8. The topological polar surface area (TPSA) is 53.1 Å². The fourth-order valence-electron chi connectivity index (χ4n) is 4.45. The molecule has 3 aromatic carbocycles. The summed E-state index contributed by atoms with van der Waals surface area (Å²) in [5.41, 5.74) is 10.9. The van der Waals surface area contributed by atoms with E-state index >= 15 is 0 Å². The van der Waals surface area contributed by atoms with Crippen LogP contribution in [-0.2, 0) is 0 Å². The largest absolute Gasteiger partial charge is 0.399 e. The van der Waals surface area contributed by atoms with Gasteiger partial charge in [-0.05, 0) is 48.1 Å². The molecular weight excluding hydrogens is 342 g/mol. The fourth-order valence-corrected chi connectivity index (χ4v) is 4.45. The number of benzene rings is 3. The van der Waals surface area contributed by atoms with Crippen LogP contribution in [0.25, 0.3) is 0 Å². The third kappa shape index (κ3) is 3.73. The number of nitrogens with two attached hydrogens (primary N) is 1. The summed E-state index contributed by atoms with van der Waals surface area (Å²) in [5.74, 6) is 0.992. The standard InChI is InChI=1S/C25H25N3/c26-18-22-17-23(27)11-12-24(22)28-15-13-21(14-16-28)25(19-7-3-1-4-8-19)20-9-5-2-6-10-20/h1-12,17,21,25H,13-16,27H2. The maximum atomic E-state index is 9.48. The van der Waals surface area contributed by atoms with E-state index in [0.29, 0.717) is 23.1 Å². The first-order valence-electron chi connectivity index (χ1n) is 9.90. The molecule has 140 valence electrons. The van der Waals surface area contributed by atoms with E-state index < -0.39 is 0 Å². The molecule has 4 rings (SSSR count). The first-order valence-corrected chi connectivity index (χ1v) is 9.90. The second kappa shape index (κ2) is 8.19. The Hall–Kier alpha value is -3.25. The highest BCUT2D eigenvalue weighted by Gasteiger charge is 2.29. The molecule has 2 N–H and O–H groups in total. The van der Waals surface area contributed by atoms with Crippen LogP contribution in [0.2, 0.25) is 0 Å². The van der Waals surface area contributed by atoms with Crippen LogP contribution in [0.5, 0.6) is 0 Å². The van der Waals surface area contributed by atoms with Crippen LogP contribution >= 0.6 is 0 Å². The second-order valence-electron chi connectivity index (χ2n) is 7.51. The molecule has 3 heteroatoms. The minimum Gasteiger partial charge on any atom is -0.399 e. The van der Waals surface area contributed by atoms with Crippen molar-refractivity contribution in [1.29, 1.82) is 5.26 Å². The molecule has 1 heterocycles. The summed E-state index contributed by atoms with van der Waals surface area (Å²) in [7, 11) is 0. The summed E-state index contributed by atoms with van der Waals surface area (Å²) in [6, 6.07) is 29.6. The molecule has 1 fully saturated rings. The monoisotopic (exact) mass is 367 g/mol. The number of hydrogen-bond donors (Lipinski definition) is 1. The van der Waals surface area contributed by atoms with Gasteiger partial charge in [0.25, 0.3) is 0 Å². The van der Waals surface area contributed by atoms with Crippen LogP contribution in [-0.4, -0.2) is 13.1 Å². The molecular formula is C25H25N3. The van der Waals surface area contributed by atoms with Crippen molar-refractivity contribution >= 4 is 11.4 Å². The van der Waals surface area contributed by atoms with Crippen LogP contribution in [0, 0.1) is 17.2 Å². The highest BCUT2D eigenvalue weighted by molar-refractivity contribution is 5.64. The molecule has 0 spiro atoms. The van der Waals surface area contributed by atoms with Crippen molar-refractivity contribution in [3.63, 3.8) is 0 Å². The SMILES string of the molecule is N#Cc1cc(N)ccc1N1CCC(C(c2ccccc2)c2ccccc2)CC1. The molecule has 0 unspecified atom stereocenters. The molecule has 0 aliphatic carbocycles. The Morgan fingerprint density at radius 2 is 1.43 bits per heavy atom. The lowest BCUT2D eigenvalue weighted by atomic mass is 9.76. The van der Waals surface area contributed by atoms with E-state index in [0.717, 1.165) is 31.6 Å². The lowest BCUT2D eigenvalue weighted by Crippen LogP contribution is -2.36. The summed E-state index contributed by atoms with van der Waals surface area (Å²) >= 11 is 0. The number of hydrogen-bond acceptors (Lipinski definition) is 3.